The van der Waals surface area contributed by atoms with Gasteiger partial charge in [-0.3, -0.25) is 4.98 Å². The monoisotopic (exact) mass is 558 g/mol. The normalized spacial score (nSPS) is 15.1. The molecule has 8 rings (SSSR count). The summed E-state index contributed by atoms with van der Waals surface area (Å²) in [5.74, 6) is 0.290. The molecule has 3 nitrogen and oxygen atoms in total. The average Bonchev–Trinajstić information content (AvgIpc) is 3.46. The summed E-state index contributed by atoms with van der Waals surface area (Å²) in [4.78, 5) is 10.0. The molecule has 3 heterocycles. The van der Waals surface area contributed by atoms with Gasteiger partial charge in [0.05, 0.1) is 16.6 Å². The summed E-state index contributed by atoms with van der Waals surface area (Å²) in [5.41, 5.74) is 5.56. The van der Waals surface area contributed by atoms with Crippen LogP contribution in [-0.4, -0.2) is 9.97 Å². The van der Waals surface area contributed by atoms with Crippen molar-refractivity contribution in [2.45, 2.75) is 12.3 Å². The van der Waals surface area contributed by atoms with E-state index in [1.165, 1.54) is 21.5 Å². The van der Waals surface area contributed by atoms with Crippen LogP contribution in [0.3, 0.4) is 0 Å². The highest BCUT2D eigenvalue weighted by molar-refractivity contribution is 7.77. The fourth-order valence-electron chi connectivity index (χ4n) is 5.98. The van der Waals surface area contributed by atoms with E-state index >= 15 is 0 Å². The maximum Gasteiger partial charge on any atom is 0.147 e. The zero-order valence-corrected chi connectivity index (χ0v) is 23.8. The number of benzene rings is 4. The second-order valence-electron chi connectivity index (χ2n) is 10.6. The van der Waals surface area contributed by atoms with Gasteiger partial charge in [-0.15, -0.1) is 0 Å². The molecule has 42 heavy (non-hydrogen) atoms. The minimum absolute atomic E-state index is 0.290. The molecule has 3 aromatic heterocycles. The highest BCUT2D eigenvalue weighted by Crippen LogP contribution is 2.46. The van der Waals surface area contributed by atoms with Crippen LogP contribution in [0.25, 0.3) is 44.2 Å². The fraction of sp³-hybridized carbons (Fsp3) is 0.0526. The number of hydrogen-bond donors (Lipinski definition) is 0. The van der Waals surface area contributed by atoms with E-state index in [-0.39, 0.29) is 5.92 Å². The molecule has 0 radical (unpaired) electrons. The number of fused-ring (bicyclic) bond motifs is 5. The molecule has 200 valence electrons. The highest BCUT2D eigenvalue weighted by atomic mass is 31.1. The number of pyridine rings is 2. The first kappa shape index (κ1) is 24.9. The fourth-order valence-corrected chi connectivity index (χ4v) is 8.34. The third kappa shape index (κ3) is 4.34. The second-order valence-corrected chi connectivity index (χ2v) is 12.8. The van der Waals surface area contributed by atoms with Crippen molar-refractivity contribution in [3.05, 3.63) is 157 Å². The van der Waals surface area contributed by atoms with E-state index in [0.29, 0.717) is 0 Å². The number of rotatable bonds is 5. The Morgan fingerprint density at radius 1 is 0.690 bits per heavy atom. The van der Waals surface area contributed by atoms with Crippen molar-refractivity contribution in [3.8, 4) is 11.4 Å². The summed E-state index contributed by atoms with van der Waals surface area (Å²) in [5, 5.41) is 7.25. The molecule has 0 N–H and O–H groups in total. The average molecular weight is 559 g/mol. The maximum atomic E-state index is 6.36. The van der Waals surface area contributed by atoms with Crippen LogP contribution in [0.5, 0.6) is 0 Å². The van der Waals surface area contributed by atoms with Crippen molar-refractivity contribution in [3.63, 3.8) is 0 Å². The summed E-state index contributed by atoms with van der Waals surface area (Å²) < 4.78 is 6.36. The van der Waals surface area contributed by atoms with Crippen LogP contribution < -0.4 is 10.6 Å². The first-order chi connectivity index (χ1) is 20.8. The molecule has 4 aromatic carbocycles. The smallest absolute Gasteiger partial charge is 0.147 e. The molecule has 0 fully saturated rings. The molecule has 0 saturated heterocycles. The second kappa shape index (κ2) is 10.5. The lowest BCUT2D eigenvalue weighted by atomic mass is 9.93. The van der Waals surface area contributed by atoms with Gasteiger partial charge in [-0.1, -0.05) is 115 Å². The van der Waals surface area contributed by atoms with Crippen molar-refractivity contribution < 1.29 is 4.42 Å². The van der Waals surface area contributed by atoms with Gasteiger partial charge in [0.25, 0.3) is 0 Å². The van der Waals surface area contributed by atoms with Crippen molar-refractivity contribution in [2.24, 2.45) is 0 Å². The maximum absolute atomic E-state index is 6.36. The molecule has 1 atom stereocenters. The van der Waals surface area contributed by atoms with Gasteiger partial charge in [0.15, 0.2) is 0 Å². The van der Waals surface area contributed by atoms with E-state index in [2.05, 4.69) is 103 Å². The Morgan fingerprint density at radius 2 is 1.38 bits per heavy atom. The predicted octanol–water partition coefficient (Wildman–Crippen LogP) is 9.26. The number of allylic oxidation sites excluding steroid dienone is 4. The van der Waals surface area contributed by atoms with E-state index < -0.39 is 7.92 Å². The van der Waals surface area contributed by atoms with Crippen LogP contribution in [0.2, 0.25) is 0 Å². The number of para-hydroxylation sites is 2. The summed E-state index contributed by atoms with van der Waals surface area (Å²) in [6, 6.07) is 42.4. The summed E-state index contributed by atoms with van der Waals surface area (Å²) in [6.07, 6.45) is 10.1. The minimum Gasteiger partial charge on any atom is -0.455 e. The van der Waals surface area contributed by atoms with Gasteiger partial charge >= 0.3 is 0 Å². The Hall–Kier alpha value is -4.85. The molecular formula is C38H27N2OP. The Labute approximate surface area is 245 Å². The topological polar surface area (TPSA) is 38.9 Å². The van der Waals surface area contributed by atoms with Gasteiger partial charge in [0, 0.05) is 22.9 Å². The van der Waals surface area contributed by atoms with E-state index in [1.54, 1.807) is 0 Å². The molecule has 0 spiro atoms. The van der Waals surface area contributed by atoms with Gasteiger partial charge in [0.2, 0.25) is 0 Å². The molecule has 0 saturated carbocycles. The van der Waals surface area contributed by atoms with Gasteiger partial charge in [0.1, 0.15) is 16.9 Å². The number of hydrogen-bond acceptors (Lipinski definition) is 3. The summed E-state index contributed by atoms with van der Waals surface area (Å²) in [7, 11) is -0.593. The number of nitrogens with zero attached hydrogens (tertiary/aromatic N) is 2. The first-order valence-corrected chi connectivity index (χ1v) is 15.6. The minimum atomic E-state index is -0.593. The Bertz CT molecular complexity index is 2070. The van der Waals surface area contributed by atoms with Crippen LogP contribution in [-0.2, 0) is 0 Å². The Balaban J connectivity index is 1.13. The largest absolute Gasteiger partial charge is 0.455 e. The molecule has 1 unspecified atom stereocenters. The lowest BCUT2D eigenvalue weighted by Crippen LogP contribution is -2.13. The van der Waals surface area contributed by atoms with E-state index in [0.717, 1.165) is 50.7 Å². The van der Waals surface area contributed by atoms with Crippen LogP contribution in [0, 0.1) is 0 Å². The van der Waals surface area contributed by atoms with E-state index in [9.17, 15) is 0 Å². The van der Waals surface area contributed by atoms with Crippen molar-refractivity contribution in [2.75, 3.05) is 0 Å². The van der Waals surface area contributed by atoms with Gasteiger partial charge in [-0.2, -0.15) is 0 Å². The van der Waals surface area contributed by atoms with Crippen LogP contribution >= 0.6 is 7.92 Å². The van der Waals surface area contributed by atoms with Crippen LogP contribution in [0.4, 0.5) is 0 Å². The van der Waals surface area contributed by atoms with Gasteiger partial charge in [-0.25, -0.2) is 4.98 Å². The first-order valence-electron chi connectivity index (χ1n) is 14.3. The van der Waals surface area contributed by atoms with Crippen LogP contribution in [0.15, 0.2) is 155 Å². The third-order valence-corrected chi connectivity index (χ3v) is 10.5. The number of aromatic nitrogens is 2. The zero-order valence-electron chi connectivity index (χ0n) is 22.9. The molecule has 1 aliphatic carbocycles. The molecule has 0 bridgehead atoms. The lowest BCUT2D eigenvalue weighted by Gasteiger charge is -2.24. The third-order valence-electron chi connectivity index (χ3n) is 8.04. The van der Waals surface area contributed by atoms with E-state index in [1.807, 2.05) is 42.6 Å². The Morgan fingerprint density at radius 3 is 2.07 bits per heavy atom. The van der Waals surface area contributed by atoms with Crippen LogP contribution in [0.1, 0.15) is 17.9 Å². The Kier molecular flexibility index (Phi) is 6.24. The molecule has 4 heteroatoms. The van der Waals surface area contributed by atoms with Gasteiger partial charge in [-0.05, 0) is 60.1 Å². The predicted molar refractivity (Wildman–Crippen MR) is 176 cm³/mol. The number of furan rings is 1. The molecule has 0 aliphatic heterocycles. The summed E-state index contributed by atoms with van der Waals surface area (Å²) in [6.45, 7) is 0. The van der Waals surface area contributed by atoms with Crippen molar-refractivity contribution >= 4 is 51.4 Å². The lowest BCUT2D eigenvalue weighted by molar-refractivity contribution is 0.672. The quantitative estimate of drug-likeness (QED) is 0.198. The van der Waals surface area contributed by atoms with E-state index in [4.69, 9.17) is 14.4 Å². The standard InChI is InChI=1S/C38H27N2OP/c1-3-11-28(12-4-1)42(29-13-5-2-6-14-29)30-22-19-26(20-23-30)27-21-24-34(39-25-27)37-36-32-16-8-10-18-35(32)41-38(36)31-15-7-9-17-33(31)40-37/h1-19,21-26H,20H2. The summed E-state index contributed by atoms with van der Waals surface area (Å²) >= 11 is 0. The highest BCUT2D eigenvalue weighted by Gasteiger charge is 2.22. The zero-order chi connectivity index (χ0) is 27.9. The van der Waals surface area contributed by atoms with Crippen molar-refractivity contribution in [1.82, 2.24) is 9.97 Å². The SMILES string of the molecule is C1=CC(c2ccc(-c3nc4ccccc4c4oc5ccccc5c34)nc2)CC=C1P(c1ccccc1)c1ccccc1. The molecule has 7 aromatic rings. The molecule has 1 aliphatic rings. The molecule has 0 amide bonds. The van der Waals surface area contributed by atoms with Gasteiger partial charge < -0.3 is 4.42 Å². The van der Waals surface area contributed by atoms with Crippen molar-refractivity contribution in [1.29, 1.82) is 0 Å². The molecular weight excluding hydrogens is 531 g/mol.